The van der Waals surface area contributed by atoms with Crippen molar-refractivity contribution < 1.29 is 9.53 Å². The number of carbonyl (C=O) groups excluding carboxylic acids is 1. The number of hydrogen-bond acceptors (Lipinski definition) is 2. The van der Waals surface area contributed by atoms with Crippen LogP contribution in [0.3, 0.4) is 0 Å². The van der Waals surface area contributed by atoms with Crippen LogP contribution in [-0.2, 0) is 9.53 Å². The summed E-state index contributed by atoms with van der Waals surface area (Å²) < 4.78 is 5.46. The van der Waals surface area contributed by atoms with Crippen molar-refractivity contribution >= 4 is 21.9 Å². The normalized spacial score (nSPS) is 41.6. The molecule has 0 aromatic rings. The fraction of sp³-hybridized carbons (Fsp3) is 0.737. The molecule has 1 aliphatic heterocycles. The smallest absolute Gasteiger partial charge is 0.333 e. The Kier molecular flexibility index (Phi) is 4.55. The van der Waals surface area contributed by atoms with Crippen LogP contribution in [0.25, 0.3) is 0 Å². The molecule has 2 aliphatic carbocycles. The van der Waals surface area contributed by atoms with Crippen LogP contribution in [0.5, 0.6) is 0 Å². The number of fused-ring (bicyclic) bond motifs is 1. The highest BCUT2D eigenvalue weighted by Gasteiger charge is 2.51. The molecule has 122 valence electrons. The Morgan fingerprint density at radius 1 is 1.50 bits per heavy atom. The first-order chi connectivity index (χ1) is 10.5. The molecule has 0 radical (unpaired) electrons. The molecule has 2 nitrogen and oxygen atoms in total. The number of esters is 1. The average molecular weight is 367 g/mol. The third kappa shape index (κ3) is 2.70. The first-order valence-electron chi connectivity index (χ1n) is 8.63. The maximum Gasteiger partial charge on any atom is 0.333 e. The molecule has 1 saturated heterocycles. The lowest BCUT2D eigenvalue weighted by Gasteiger charge is -2.44. The van der Waals surface area contributed by atoms with Gasteiger partial charge in [-0.3, -0.25) is 0 Å². The van der Waals surface area contributed by atoms with Crippen LogP contribution in [0.2, 0.25) is 0 Å². The van der Waals surface area contributed by atoms with E-state index in [9.17, 15) is 4.79 Å². The second-order valence-corrected chi connectivity index (χ2v) is 8.29. The van der Waals surface area contributed by atoms with Crippen LogP contribution in [0.15, 0.2) is 22.7 Å². The molecule has 0 aromatic heterocycles. The van der Waals surface area contributed by atoms with E-state index < -0.39 is 0 Å². The summed E-state index contributed by atoms with van der Waals surface area (Å²) in [6.07, 6.45) is 8.32. The van der Waals surface area contributed by atoms with Gasteiger partial charge in [0.1, 0.15) is 6.10 Å². The molecule has 3 aliphatic rings. The monoisotopic (exact) mass is 366 g/mol. The third-order valence-electron chi connectivity index (χ3n) is 6.54. The Morgan fingerprint density at radius 3 is 2.91 bits per heavy atom. The number of cyclic esters (lactones) is 1. The van der Waals surface area contributed by atoms with Gasteiger partial charge in [0, 0.05) is 12.0 Å². The van der Waals surface area contributed by atoms with Gasteiger partial charge in [0.25, 0.3) is 0 Å². The van der Waals surface area contributed by atoms with E-state index in [2.05, 4.69) is 41.3 Å². The third-order valence-corrected chi connectivity index (χ3v) is 7.12. The second-order valence-electron chi connectivity index (χ2n) is 7.83. The lowest BCUT2D eigenvalue weighted by molar-refractivity contribution is -0.139. The molecule has 0 spiro atoms. The lowest BCUT2D eigenvalue weighted by Crippen LogP contribution is -2.36. The van der Waals surface area contributed by atoms with Gasteiger partial charge in [0.05, 0.1) is 0 Å². The Morgan fingerprint density at radius 2 is 2.27 bits per heavy atom. The van der Waals surface area contributed by atoms with E-state index >= 15 is 0 Å². The molecule has 0 bridgehead atoms. The number of rotatable bonds is 3. The SMILES string of the molecule is C=C1C[C@H](C[C@@H](C)[C@H]2CC[C@H]3C(=CBr)CCC[C@]23C)OC1=O. The van der Waals surface area contributed by atoms with Gasteiger partial charge in [-0.25, -0.2) is 4.79 Å². The predicted molar refractivity (Wildman–Crippen MR) is 92.6 cm³/mol. The van der Waals surface area contributed by atoms with E-state index in [0.717, 1.165) is 24.7 Å². The van der Waals surface area contributed by atoms with E-state index in [1.165, 1.54) is 32.1 Å². The Bertz CT molecular complexity index is 494. The van der Waals surface area contributed by atoms with Gasteiger partial charge in [-0.1, -0.05) is 41.9 Å². The highest BCUT2D eigenvalue weighted by atomic mass is 79.9. The molecule has 0 unspecified atom stereocenters. The van der Waals surface area contributed by atoms with E-state index in [0.29, 0.717) is 16.9 Å². The van der Waals surface area contributed by atoms with Crippen molar-refractivity contribution in [3.63, 3.8) is 0 Å². The summed E-state index contributed by atoms with van der Waals surface area (Å²) in [5.41, 5.74) is 2.69. The topological polar surface area (TPSA) is 26.3 Å². The van der Waals surface area contributed by atoms with Crippen LogP contribution in [0.4, 0.5) is 0 Å². The maximum atomic E-state index is 11.5. The highest BCUT2D eigenvalue weighted by Crippen LogP contribution is 2.60. The van der Waals surface area contributed by atoms with Gasteiger partial charge >= 0.3 is 5.97 Å². The fourth-order valence-corrected chi connectivity index (χ4v) is 6.04. The summed E-state index contributed by atoms with van der Waals surface area (Å²) in [6, 6.07) is 0. The van der Waals surface area contributed by atoms with E-state index in [-0.39, 0.29) is 12.1 Å². The molecule has 3 rings (SSSR count). The van der Waals surface area contributed by atoms with Crippen LogP contribution in [0, 0.1) is 23.2 Å². The van der Waals surface area contributed by atoms with Crippen molar-refractivity contribution in [2.75, 3.05) is 0 Å². The van der Waals surface area contributed by atoms with Crippen molar-refractivity contribution in [2.24, 2.45) is 23.2 Å². The predicted octanol–water partition coefficient (Wildman–Crippen LogP) is 5.38. The largest absolute Gasteiger partial charge is 0.459 e. The van der Waals surface area contributed by atoms with Crippen LogP contribution in [-0.4, -0.2) is 12.1 Å². The van der Waals surface area contributed by atoms with Crippen molar-refractivity contribution in [3.05, 3.63) is 22.7 Å². The van der Waals surface area contributed by atoms with E-state index in [1.807, 2.05) is 0 Å². The average Bonchev–Trinajstić information content (AvgIpc) is 2.98. The molecule has 3 fully saturated rings. The summed E-state index contributed by atoms with van der Waals surface area (Å²) in [5.74, 6) is 1.91. The number of carbonyl (C=O) groups is 1. The molecule has 0 amide bonds. The summed E-state index contributed by atoms with van der Waals surface area (Å²) >= 11 is 3.58. The lowest BCUT2D eigenvalue weighted by atomic mass is 9.61. The minimum absolute atomic E-state index is 0.0624. The van der Waals surface area contributed by atoms with Gasteiger partial charge in [-0.05, 0) is 66.7 Å². The molecule has 1 heterocycles. The van der Waals surface area contributed by atoms with Crippen molar-refractivity contribution in [1.29, 1.82) is 0 Å². The zero-order valence-electron chi connectivity index (χ0n) is 13.7. The number of allylic oxidation sites excluding steroid dienone is 1. The molecule has 22 heavy (non-hydrogen) atoms. The summed E-state index contributed by atoms with van der Waals surface area (Å²) in [6.45, 7) is 8.66. The quantitative estimate of drug-likeness (QED) is 0.495. The zero-order chi connectivity index (χ0) is 15.9. The van der Waals surface area contributed by atoms with E-state index in [4.69, 9.17) is 4.74 Å². The van der Waals surface area contributed by atoms with Crippen molar-refractivity contribution in [1.82, 2.24) is 0 Å². The number of hydrogen-bond donors (Lipinski definition) is 0. The van der Waals surface area contributed by atoms with Crippen LogP contribution >= 0.6 is 15.9 Å². The van der Waals surface area contributed by atoms with Gasteiger partial charge < -0.3 is 4.74 Å². The minimum Gasteiger partial charge on any atom is -0.459 e. The van der Waals surface area contributed by atoms with Gasteiger partial charge in [-0.15, -0.1) is 0 Å². The first kappa shape index (κ1) is 16.3. The molecule has 2 saturated carbocycles. The minimum atomic E-state index is -0.185. The van der Waals surface area contributed by atoms with Crippen molar-refractivity contribution in [2.45, 2.75) is 64.9 Å². The van der Waals surface area contributed by atoms with E-state index in [1.54, 1.807) is 5.57 Å². The molecular formula is C19H27BrO2. The zero-order valence-corrected chi connectivity index (χ0v) is 15.3. The number of halogens is 1. The molecule has 0 N–H and O–H groups in total. The van der Waals surface area contributed by atoms with Gasteiger partial charge in [-0.2, -0.15) is 0 Å². The van der Waals surface area contributed by atoms with Crippen molar-refractivity contribution in [3.8, 4) is 0 Å². The summed E-state index contributed by atoms with van der Waals surface area (Å²) in [7, 11) is 0. The standard InChI is InChI=1S/C19H27BrO2/c1-12(9-15-10-13(2)18(21)22-15)16-6-7-17-14(11-20)5-4-8-19(16,17)3/h11-12,15-17H,2,4-10H2,1,3H3/t12-,15+,16-,17+,19-/m1/s1. The van der Waals surface area contributed by atoms with Gasteiger partial charge in [0.2, 0.25) is 0 Å². The molecule has 3 heteroatoms. The summed E-state index contributed by atoms with van der Waals surface area (Å²) in [4.78, 5) is 13.7. The fourth-order valence-electron chi connectivity index (χ4n) is 5.49. The maximum absolute atomic E-state index is 11.5. The van der Waals surface area contributed by atoms with Crippen LogP contribution in [0.1, 0.15) is 58.8 Å². The number of ether oxygens (including phenoxy) is 1. The Balaban J connectivity index is 1.69. The molecule has 0 aromatic carbocycles. The molecular weight excluding hydrogens is 340 g/mol. The second kappa shape index (κ2) is 6.14. The Hall–Kier alpha value is -0.570. The highest BCUT2D eigenvalue weighted by molar-refractivity contribution is 9.11. The molecule has 5 atom stereocenters. The Labute approximate surface area is 142 Å². The first-order valence-corrected chi connectivity index (χ1v) is 9.55. The van der Waals surface area contributed by atoms with Crippen LogP contribution < -0.4 is 0 Å². The van der Waals surface area contributed by atoms with Gasteiger partial charge in [0.15, 0.2) is 0 Å². The summed E-state index contributed by atoms with van der Waals surface area (Å²) in [5, 5.41) is 0.